The number of nitrogens with zero attached hydrogens (tertiary/aromatic N) is 1. The molecule has 2 aromatic carbocycles. The van der Waals surface area contributed by atoms with Crippen molar-refractivity contribution in [1.29, 1.82) is 0 Å². The Bertz CT molecular complexity index is 1230. The van der Waals surface area contributed by atoms with Crippen molar-refractivity contribution in [2.75, 3.05) is 6.54 Å². The van der Waals surface area contributed by atoms with Crippen LogP contribution in [0.4, 0.5) is 0 Å². The maximum Gasteiger partial charge on any atom is 0.261 e. The molecule has 0 radical (unpaired) electrons. The van der Waals surface area contributed by atoms with Crippen LogP contribution in [-0.4, -0.2) is 49.7 Å². The lowest BCUT2D eigenvalue weighted by Crippen LogP contribution is -2.37. The molecule has 1 saturated carbocycles. The summed E-state index contributed by atoms with van der Waals surface area (Å²) in [7, 11) is -3.53. The first-order valence-electron chi connectivity index (χ1n) is 12.1. The molecule has 1 atom stereocenters. The monoisotopic (exact) mass is 497 g/mol. The number of rotatable bonds is 9. The van der Waals surface area contributed by atoms with Crippen molar-refractivity contribution < 1.29 is 22.8 Å². The van der Waals surface area contributed by atoms with Gasteiger partial charge in [0.1, 0.15) is 0 Å². The van der Waals surface area contributed by atoms with E-state index in [1.165, 1.54) is 17.0 Å². The highest BCUT2D eigenvalue weighted by Crippen LogP contribution is 2.26. The van der Waals surface area contributed by atoms with Gasteiger partial charge < -0.3 is 5.32 Å². The van der Waals surface area contributed by atoms with Crippen molar-refractivity contribution in [2.45, 2.75) is 69.4 Å². The third kappa shape index (κ3) is 5.31. The van der Waals surface area contributed by atoms with E-state index in [0.717, 1.165) is 31.2 Å². The molecule has 4 rings (SSSR count). The van der Waals surface area contributed by atoms with Crippen LogP contribution in [0.5, 0.6) is 0 Å². The average molecular weight is 498 g/mol. The zero-order chi connectivity index (χ0) is 25.2. The number of carbonyl (C=O) groups is 3. The lowest BCUT2D eigenvalue weighted by atomic mass is 10.1. The number of sulfonamides is 1. The fraction of sp³-hybridized carbons (Fsp3) is 0.423. The van der Waals surface area contributed by atoms with Gasteiger partial charge in [-0.15, -0.1) is 0 Å². The second-order valence-corrected chi connectivity index (χ2v) is 11.0. The molecule has 3 amide bonds. The predicted octanol–water partition coefficient (Wildman–Crippen LogP) is 3.27. The minimum atomic E-state index is -3.53. The summed E-state index contributed by atoms with van der Waals surface area (Å²) in [5.41, 5.74) is 1.79. The van der Waals surface area contributed by atoms with Gasteiger partial charge in [-0.05, 0) is 68.5 Å². The van der Waals surface area contributed by atoms with E-state index in [0.29, 0.717) is 30.5 Å². The lowest BCUT2D eigenvalue weighted by Gasteiger charge is -2.20. The molecule has 1 aliphatic heterocycles. The normalized spacial score (nSPS) is 17.0. The second kappa shape index (κ2) is 10.3. The van der Waals surface area contributed by atoms with Crippen LogP contribution in [0.2, 0.25) is 0 Å². The molecule has 0 bridgehead atoms. The zero-order valence-corrected chi connectivity index (χ0v) is 20.9. The van der Waals surface area contributed by atoms with Crippen LogP contribution in [0.15, 0.2) is 47.4 Å². The number of fused-ring (bicyclic) bond motifs is 1. The summed E-state index contributed by atoms with van der Waals surface area (Å²) in [5, 5.41) is 2.82. The van der Waals surface area contributed by atoms with Crippen molar-refractivity contribution >= 4 is 27.7 Å². The van der Waals surface area contributed by atoms with Gasteiger partial charge in [0.25, 0.3) is 17.7 Å². The Labute approximate surface area is 206 Å². The molecule has 1 aliphatic carbocycles. The first kappa shape index (κ1) is 25.1. The van der Waals surface area contributed by atoms with Crippen LogP contribution in [0.1, 0.15) is 82.6 Å². The molecule has 9 heteroatoms. The number of amides is 3. The third-order valence-electron chi connectivity index (χ3n) is 6.82. The van der Waals surface area contributed by atoms with E-state index < -0.39 is 10.0 Å². The smallest absolute Gasteiger partial charge is 0.261 e. The molecule has 2 aliphatic rings. The van der Waals surface area contributed by atoms with Gasteiger partial charge in [0, 0.05) is 24.2 Å². The number of imide groups is 1. The summed E-state index contributed by atoms with van der Waals surface area (Å²) in [6.07, 6.45) is 5.03. The van der Waals surface area contributed by atoms with Crippen LogP contribution >= 0.6 is 0 Å². The van der Waals surface area contributed by atoms with E-state index in [9.17, 15) is 22.8 Å². The van der Waals surface area contributed by atoms with E-state index in [1.807, 2.05) is 13.8 Å². The fourth-order valence-corrected chi connectivity index (χ4v) is 5.88. The van der Waals surface area contributed by atoms with Crippen LogP contribution in [0, 0.1) is 0 Å². The molecule has 0 aromatic heterocycles. The second-order valence-electron chi connectivity index (χ2n) is 9.25. The van der Waals surface area contributed by atoms with Crippen molar-refractivity contribution in [3.8, 4) is 0 Å². The Morgan fingerprint density at radius 1 is 1.03 bits per heavy atom. The minimum absolute atomic E-state index is 0.0145. The highest BCUT2D eigenvalue weighted by atomic mass is 32.2. The van der Waals surface area contributed by atoms with E-state index in [1.54, 1.807) is 30.3 Å². The Hall–Kier alpha value is -3.04. The van der Waals surface area contributed by atoms with E-state index in [4.69, 9.17) is 0 Å². The fourth-order valence-electron chi connectivity index (χ4n) is 4.57. The number of benzene rings is 2. The van der Waals surface area contributed by atoms with Crippen LogP contribution in [0.3, 0.4) is 0 Å². The number of carbonyl (C=O) groups excluding carboxylic acids is 3. The van der Waals surface area contributed by atoms with E-state index >= 15 is 0 Å². The first-order valence-corrected chi connectivity index (χ1v) is 13.6. The Morgan fingerprint density at radius 2 is 1.69 bits per heavy atom. The van der Waals surface area contributed by atoms with Gasteiger partial charge in [-0.1, -0.05) is 31.9 Å². The van der Waals surface area contributed by atoms with Gasteiger partial charge in [0.05, 0.1) is 16.0 Å². The maximum atomic E-state index is 12.7. The molecular weight excluding hydrogens is 466 g/mol. The van der Waals surface area contributed by atoms with E-state index in [-0.39, 0.29) is 40.3 Å². The number of hydrogen-bond acceptors (Lipinski definition) is 5. The Balaban J connectivity index is 1.33. The molecule has 1 fully saturated rings. The molecule has 35 heavy (non-hydrogen) atoms. The molecule has 0 spiro atoms. The van der Waals surface area contributed by atoms with Crippen molar-refractivity contribution in [3.05, 3.63) is 64.7 Å². The molecule has 0 saturated heterocycles. The van der Waals surface area contributed by atoms with Gasteiger partial charge in [0.15, 0.2) is 0 Å². The Kier molecular flexibility index (Phi) is 7.37. The van der Waals surface area contributed by atoms with Crippen LogP contribution < -0.4 is 10.0 Å². The minimum Gasteiger partial charge on any atom is -0.352 e. The summed E-state index contributed by atoms with van der Waals surface area (Å²) in [6, 6.07) is 11.0. The van der Waals surface area contributed by atoms with Gasteiger partial charge in [-0.25, -0.2) is 13.1 Å². The lowest BCUT2D eigenvalue weighted by molar-refractivity contribution is 0.0593. The largest absolute Gasteiger partial charge is 0.352 e. The van der Waals surface area contributed by atoms with Gasteiger partial charge in [0.2, 0.25) is 10.0 Å². The summed E-state index contributed by atoms with van der Waals surface area (Å²) in [5.74, 6) is -1.03. The summed E-state index contributed by atoms with van der Waals surface area (Å²) in [4.78, 5) is 39.4. The quantitative estimate of drug-likeness (QED) is 0.517. The first-order chi connectivity index (χ1) is 16.7. The standard InChI is InChI=1S/C26H31N3O5S/c1-3-17(2)29-25(31)22-13-10-19(16-23(22)26(29)32)24(30)27-15-14-18-8-11-21(12-9-18)35(33,34)28-20-6-4-5-7-20/h8-13,16-17,20,28H,3-7,14-15H2,1-2H3,(H,27,30). The van der Waals surface area contributed by atoms with E-state index in [2.05, 4.69) is 10.0 Å². The average Bonchev–Trinajstić information content (AvgIpc) is 3.44. The molecule has 2 N–H and O–H groups in total. The third-order valence-corrected chi connectivity index (χ3v) is 8.36. The number of hydrogen-bond donors (Lipinski definition) is 2. The molecule has 1 heterocycles. The highest BCUT2D eigenvalue weighted by Gasteiger charge is 2.38. The van der Waals surface area contributed by atoms with Gasteiger partial charge >= 0.3 is 0 Å². The Morgan fingerprint density at radius 3 is 2.34 bits per heavy atom. The molecule has 8 nitrogen and oxygen atoms in total. The highest BCUT2D eigenvalue weighted by molar-refractivity contribution is 7.89. The summed E-state index contributed by atoms with van der Waals surface area (Å²) < 4.78 is 27.9. The van der Waals surface area contributed by atoms with Crippen molar-refractivity contribution in [2.24, 2.45) is 0 Å². The van der Waals surface area contributed by atoms with Gasteiger partial charge in [-0.2, -0.15) is 0 Å². The van der Waals surface area contributed by atoms with Crippen LogP contribution in [-0.2, 0) is 16.4 Å². The summed E-state index contributed by atoms with van der Waals surface area (Å²) in [6.45, 7) is 4.07. The molecule has 2 aromatic rings. The predicted molar refractivity (Wildman–Crippen MR) is 132 cm³/mol. The zero-order valence-electron chi connectivity index (χ0n) is 20.0. The molecule has 186 valence electrons. The maximum absolute atomic E-state index is 12.7. The van der Waals surface area contributed by atoms with Gasteiger partial charge in [-0.3, -0.25) is 19.3 Å². The SMILES string of the molecule is CCC(C)N1C(=O)c2ccc(C(=O)NCCc3ccc(S(=O)(=O)NC4CCCC4)cc3)cc2C1=O. The summed E-state index contributed by atoms with van der Waals surface area (Å²) >= 11 is 0. The van der Waals surface area contributed by atoms with Crippen molar-refractivity contribution in [3.63, 3.8) is 0 Å². The number of nitrogens with one attached hydrogen (secondary N) is 2. The molecule has 1 unspecified atom stereocenters. The molecular formula is C26H31N3O5S. The van der Waals surface area contributed by atoms with Crippen LogP contribution in [0.25, 0.3) is 0 Å². The van der Waals surface area contributed by atoms with Crippen molar-refractivity contribution in [1.82, 2.24) is 14.9 Å². The topological polar surface area (TPSA) is 113 Å².